The zero-order valence-corrected chi connectivity index (χ0v) is 18.1. The number of aromatic nitrogens is 2. The van der Waals surface area contributed by atoms with Crippen LogP contribution in [0, 0.1) is 0 Å². The van der Waals surface area contributed by atoms with Crippen molar-refractivity contribution in [3.05, 3.63) is 47.9 Å². The average Bonchev–Trinajstić information content (AvgIpc) is 3.52. The van der Waals surface area contributed by atoms with Crippen LogP contribution in [0.25, 0.3) is 0 Å². The van der Waals surface area contributed by atoms with E-state index in [1.807, 2.05) is 12.1 Å². The Kier molecular flexibility index (Phi) is 4.74. The second-order valence-corrected chi connectivity index (χ2v) is 11.0. The fraction of sp³-hybridized carbons (Fsp3) is 0.545. The van der Waals surface area contributed by atoms with Gasteiger partial charge in [0, 0.05) is 31.5 Å². The van der Waals surface area contributed by atoms with Gasteiger partial charge >= 0.3 is 0 Å². The van der Waals surface area contributed by atoms with Gasteiger partial charge in [-0.15, -0.1) is 0 Å². The Bertz CT molecular complexity index is 1040. The molecule has 7 nitrogen and oxygen atoms in total. The summed E-state index contributed by atoms with van der Waals surface area (Å²) in [7, 11) is -3.38. The van der Waals surface area contributed by atoms with E-state index in [1.165, 1.54) is 5.56 Å². The topological polar surface area (TPSA) is 86.6 Å². The molecule has 3 heterocycles. The molecule has 1 spiro atoms. The van der Waals surface area contributed by atoms with Crippen LogP contribution in [0.3, 0.4) is 0 Å². The summed E-state index contributed by atoms with van der Waals surface area (Å²) in [6.07, 6.45) is 9.18. The van der Waals surface area contributed by atoms with E-state index in [4.69, 9.17) is 0 Å². The minimum absolute atomic E-state index is 0.166. The van der Waals surface area contributed by atoms with Gasteiger partial charge in [-0.05, 0) is 62.1 Å². The van der Waals surface area contributed by atoms with Gasteiger partial charge in [-0.2, -0.15) is 0 Å². The van der Waals surface area contributed by atoms with E-state index in [-0.39, 0.29) is 11.8 Å². The number of anilines is 1. The summed E-state index contributed by atoms with van der Waals surface area (Å²) in [5.41, 5.74) is 1.87. The van der Waals surface area contributed by atoms with Gasteiger partial charge in [-0.25, -0.2) is 17.7 Å². The number of piperidine rings is 1. The van der Waals surface area contributed by atoms with Gasteiger partial charge in [-0.3, -0.25) is 9.88 Å². The lowest BCUT2D eigenvalue weighted by atomic mass is 9.81. The zero-order valence-electron chi connectivity index (χ0n) is 17.2. The summed E-state index contributed by atoms with van der Waals surface area (Å²) >= 11 is 0. The summed E-state index contributed by atoms with van der Waals surface area (Å²) in [6, 6.07) is 6.21. The van der Waals surface area contributed by atoms with Crippen molar-refractivity contribution in [1.29, 1.82) is 0 Å². The molecule has 3 fully saturated rings. The summed E-state index contributed by atoms with van der Waals surface area (Å²) < 4.78 is 27.3. The van der Waals surface area contributed by atoms with Crippen molar-refractivity contribution < 1.29 is 13.5 Å². The first-order chi connectivity index (χ1) is 14.4. The quantitative estimate of drug-likeness (QED) is 0.806. The number of hydrogen-bond donors (Lipinski definition) is 1. The van der Waals surface area contributed by atoms with E-state index in [1.54, 1.807) is 22.9 Å². The van der Waals surface area contributed by atoms with Crippen molar-refractivity contribution >= 4 is 15.8 Å². The average molecular weight is 429 g/mol. The largest absolute Gasteiger partial charge is 0.508 e. The van der Waals surface area contributed by atoms with Gasteiger partial charge in [0.25, 0.3) is 0 Å². The van der Waals surface area contributed by atoms with Crippen molar-refractivity contribution in [2.75, 3.05) is 16.6 Å². The summed E-state index contributed by atoms with van der Waals surface area (Å²) in [5, 5.41) is 10.1. The molecule has 1 N–H and O–H groups in total. The molecule has 3 aliphatic rings. The van der Waals surface area contributed by atoms with Gasteiger partial charge in [0.2, 0.25) is 10.0 Å². The highest BCUT2D eigenvalue weighted by atomic mass is 32.2. The molecule has 30 heavy (non-hydrogen) atoms. The molecule has 1 aromatic carbocycles. The Hall–Kier alpha value is -2.19. The SMILES string of the molecule is C[C@H]1C[C@]2(CCN1Cc1ccc(O)c(C3CC3)c1)CCS(=O)(=O)N2c1cnccn1. The molecule has 1 aromatic heterocycles. The first-order valence-electron chi connectivity index (χ1n) is 10.7. The zero-order chi connectivity index (χ0) is 20.9. The highest BCUT2D eigenvalue weighted by Gasteiger charge is 2.53. The maximum Gasteiger partial charge on any atom is 0.236 e. The van der Waals surface area contributed by atoms with Crippen LogP contribution < -0.4 is 4.31 Å². The Morgan fingerprint density at radius 1 is 1.23 bits per heavy atom. The van der Waals surface area contributed by atoms with Crippen LogP contribution in [-0.4, -0.2) is 52.3 Å². The number of phenolic OH excluding ortho intramolecular Hbond substituents is 1. The van der Waals surface area contributed by atoms with E-state index in [2.05, 4.69) is 27.9 Å². The monoisotopic (exact) mass is 428 g/mol. The molecular formula is C22H28N4O3S. The number of hydrogen-bond acceptors (Lipinski definition) is 6. The first kappa shape index (κ1) is 19.8. The van der Waals surface area contributed by atoms with E-state index >= 15 is 0 Å². The van der Waals surface area contributed by atoms with Gasteiger partial charge in [0.1, 0.15) is 5.75 Å². The van der Waals surface area contributed by atoms with Gasteiger partial charge in [0.15, 0.2) is 5.82 Å². The minimum Gasteiger partial charge on any atom is -0.508 e. The van der Waals surface area contributed by atoms with Crippen LogP contribution in [0.15, 0.2) is 36.8 Å². The Balaban J connectivity index is 1.36. The van der Waals surface area contributed by atoms with Crippen LogP contribution in [0.1, 0.15) is 56.1 Å². The molecule has 0 radical (unpaired) electrons. The van der Waals surface area contributed by atoms with Crippen molar-refractivity contribution in [2.45, 2.75) is 63.1 Å². The van der Waals surface area contributed by atoms with Gasteiger partial charge < -0.3 is 5.11 Å². The van der Waals surface area contributed by atoms with Crippen molar-refractivity contribution in [3.8, 4) is 5.75 Å². The van der Waals surface area contributed by atoms with Crippen LogP contribution in [-0.2, 0) is 16.6 Å². The Labute approximate surface area is 177 Å². The molecule has 2 saturated heterocycles. The smallest absolute Gasteiger partial charge is 0.236 e. The minimum atomic E-state index is -3.38. The number of likely N-dealkylation sites (tertiary alicyclic amines) is 1. The number of phenols is 1. The maximum atomic E-state index is 12.9. The fourth-order valence-electron chi connectivity index (χ4n) is 5.25. The van der Waals surface area contributed by atoms with E-state index < -0.39 is 15.6 Å². The first-order valence-corrected chi connectivity index (χ1v) is 12.3. The molecule has 1 aliphatic carbocycles. The predicted molar refractivity (Wildman–Crippen MR) is 115 cm³/mol. The van der Waals surface area contributed by atoms with Gasteiger partial charge in [-0.1, -0.05) is 12.1 Å². The number of aromatic hydroxyl groups is 1. The van der Waals surface area contributed by atoms with E-state index in [9.17, 15) is 13.5 Å². The van der Waals surface area contributed by atoms with Gasteiger partial charge in [0.05, 0.1) is 17.5 Å². The molecule has 160 valence electrons. The number of rotatable bonds is 4. The molecule has 2 atom stereocenters. The third-order valence-corrected chi connectivity index (χ3v) is 8.80. The lowest BCUT2D eigenvalue weighted by Crippen LogP contribution is -2.56. The Morgan fingerprint density at radius 3 is 2.77 bits per heavy atom. The highest BCUT2D eigenvalue weighted by Crippen LogP contribution is 2.46. The van der Waals surface area contributed by atoms with Crippen molar-refractivity contribution in [1.82, 2.24) is 14.9 Å². The maximum absolute atomic E-state index is 12.9. The Morgan fingerprint density at radius 2 is 2.07 bits per heavy atom. The standard InChI is InChI=1S/C22H28N4O3S/c1-16-13-22(7-11-30(28,29)26(22)21-14-23-8-9-24-21)6-10-25(16)15-17-2-5-20(27)19(12-17)18-3-4-18/h2,5,8-9,12,14,16,18,27H,3-4,6-7,10-11,13,15H2,1H3/t16-,22-/m0/s1. The van der Waals surface area contributed by atoms with Crippen molar-refractivity contribution in [3.63, 3.8) is 0 Å². The van der Waals surface area contributed by atoms with E-state index in [0.29, 0.717) is 23.9 Å². The molecule has 1 saturated carbocycles. The molecule has 2 aliphatic heterocycles. The summed E-state index contributed by atoms with van der Waals surface area (Å²) in [5.74, 6) is 1.51. The van der Waals surface area contributed by atoms with Crippen LogP contribution >= 0.6 is 0 Å². The number of nitrogens with zero attached hydrogens (tertiary/aromatic N) is 4. The molecule has 5 rings (SSSR count). The van der Waals surface area contributed by atoms with Crippen LogP contribution in [0.5, 0.6) is 5.75 Å². The second kappa shape index (κ2) is 7.20. The summed E-state index contributed by atoms with van der Waals surface area (Å²) in [4.78, 5) is 10.8. The molecule has 0 bridgehead atoms. The number of benzene rings is 1. The molecule has 2 aromatic rings. The van der Waals surface area contributed by atoms with E-state index in [0.717, 1.165) is 44.3 Å². The fourth-order valence-corrected chi connectivity index (χ4v) is 7.29. The highest BCUT2D eigenvalue weighted by molar-refractivity contribution is 7.93. The predicted octanol–water partition coefficient (Wildman–Crippen LogP) is 3.02. The lowest BCUT2D eigenvalue weighted by molar-refractivity contribution is 0.102. The summed E-state index contributed by atoms with van der Waals surface area (Å²) in [6.45, 7) is 3.82. The van der Waals surface area contributed by atoms with Crippen LogP contribution in [0.4, 0.5) is 5.82 Å². The molecular weight excluding hydrogens is 400 g/mol. The normalized spacial score (nSPS) is 28.8. The molecule has 0 unspecified atom stereocenters. The van der Waals surface area contributed by atoms with Crippen LogP contribution in [0.2, 0.25) is 0 Å². The molecule has 0 amide bonds. The third kappa shape index (κ3) is 3.46. The third-order valence-electron chi connectivity index (χ3n) is 6.95. The number of sulfonamides is 1. The molecule has 8 heteroatoms. The lowest BCUT2D eigenvalue weighted by Gasteiger charge is -2.47. The van der Waals surface area contributed by atoms with Crippen molar-refractivity contribution in [2.24, 2.45) is 0 Å². The second-order valence-electron chi connectivity index (χ2n) is 9.06.